The summed E-state index contributed by atoms with van der Waals surface area (Å²) in [6.07, 6.45) is 2.60. The number of likely N-dealkylation sites (tertiary alicyclic amines) is 1. The monoisotopic (exact) mass is 316 g/mol. The minimum absolute atomic E-state index is 0.189. The largest absolute Gasteiger partial charge is 0.326 e. The van der Waals surface area contributed by atoms with Crippen LogP contribution in [0.1, 0.15) is 37.6 Å². The number of rotatable bonds is 3. The lowest BCUT2D eigenvalue weighted by Gasteiger charge is -2.38. The van der Waals surface area contributed by atoms with Crippen LogP contribution in [0.15, 0.2) is 15.9 Å². The van der Waals surface area contributed by atoms with E-state index in [1.54, 1.807) is 0 Å². The molecule has 0 radical (unpaired) electrons. The van der Waals surface area contributed by atoms with Gasteiger partial charge in [0.25, 0.3) is 0 Å². The van der Waals surface area contributed by atoms with Crippen LogP contribution < -0.4 is 5.73 Å². The van der Waals surface area contributed by atoms with E-state index in [9.17, 15) is 0 Å². The third-order valence-corrected chi connectivity index (χ3v) is 5.35. The van der Waals surface area contributed by atoms with Crippen molar-refractivity contribution in [2.45, 2.75) is 38.8 Å². The highest BCUT2D eigenvalue weighted by molar-refractivity contribution is 9.10. The maximum atomic E-state index is 6.19. The molecular formula is C13H21BrN2S. The van der Waals surface area contributed by atoms with Crippen LogP contribution >= 0.6 is 27.3 Å². The predicted molar refractivity (Wildman–Crippen MR) is 78.4 cm³/mol. The van der Waals surface area contributed by atoms with Gasteiger partial charge in [-0.1, -0.05) is 6.92 Å². The van der Waals surface area contributed by atoms with E-state index in [1.165, 1.54) is 35.3 Å². The van der Waals surface area contributed by atoms with E-state index in [0.717, 1.165) is 5.92 Å². The average Bonchev–Trinajstić information content (AvgIpc) is 2.68. The Labute approximate surface area is 116 Å². The van der Waals surface area contributed by atoms with Gasteiger partial charge in [0.05, 0.1) is 6.04 Å². The average molecular weight is 317 g/mol. The maximum absolute atomic E-state index is 6.19. The summed E-state index contributed by atoms with van der Waals surface area (Å²) in [5, 5.41) is 2.15. The highest BCUT2D eigenvalue weighted by Gasteiger charge is 2.28. The molecule has 1 aliphatic heterocycles. The molecule has 2 N–H and O–H groups in total. The minimum atomic E-state index is 0.189. The quantitative estimate of drug-likeness (QED) is 0.922. The number of nitrogens with zero attached hydrogens (tertiary/aromatic N) is 1. The van der Waals surface area contributed by atoms with E-state index in [2.05, 4.69) is 46.1 Å². The van der Waals surface area contributed by atoms with E-state index < -0.39 is 0 Å². The van der Waals surface area contributed by atoms with Crippen LogP contribution in [0.4, 0.5) is 0 Å². The highest BCUT2D eigenvalue weighted by Crippen LogP contribution is 2.33. The van der Waals surface area contributed by atoms with E-state index in [0.29, 0.717) is 6.04 Å². The van der Waals surface area contributed by atoms with Crippen molar-refractivity contribution in [2.24, 2.45) is 11.7 Å². The van der Waals surface area contributed by atoms with Crippen molar-refractivity contribution < 1.29 is 0 Å². The fourth-order valence-electron chi connectivity index (χ4n) is 2.56. The van der Waals surface area contributed by atoms with Crippen LogP contribution in [0, 0.1) is 5.92 Å². The number of hydrogen-bond donors (Lipinski definition) is 1. The van der Waals surface area contributed by atoms with Gasteiger partial charge >= 0.3 is 0 Å². The van der Waals surface area contributed by atoms with E-state index in [-0.39, 0.29) is 6.04 Å². The molecule has 0 saturated carbocycles. The molecule has 0 bridgehead atoms. The Bertz CT molecular complexity index is 356. The molecule has 0 amide bonds. The molecule has 2 heterocycles. The van der Waals surface area contributed by atoms with E-state index >= 15 is 0 Å². The van der Waals surface area contributed by atoms with Crippen molar-refractivity contribution in [3.8, 4) is 0 Å². The number of piperidine rings is 1. The van der Waals surface area contributed by atoms with Gasteiger partial charge in [0, 0.05) is 20.8 Å². The first kappa shape index (κ1) is 13.5. The molecule has 2 nitrogen and oxygen atoms in total. The van der Waals surface area contributed by atoms with Gasteiger partial charge < -0.3 is 5.73 Å². The van der Waals surface area contributed by atoms with Crippen molar-refractivity contribution in [1.82, 2.24) is 4.90 Å². The Balaban J connectivity index is 2.12. The summed E-state index contributed by atoms with van der Waals surface area (Å²) in [5.74, 6) is 0.870. The normalized spacial score (nSPS) is 22.6. The number of nitrogens with two attached hydrogens (primary N) is 1. The van der Waals surface area contributed by atoms with Crippen LogP contribution in [0.3, 0.4) is 0 Å². The lowest BCUT2D eigenvalue weighted by molar-refractivity contribution is 0.126. The van der Waals surface area contributed by atoms with Gasteiger partial charge in [-0.3, -0.25) is 4.90 Å². The molecule has 1 aromatic rings. The smallest absolute Gasteiger partial charge is 0.0591 e. The van der Waals surface area contributed by atoms with Crippen LogP contribution in [-0.4, -0.2) is 24.0 Å². The molecule has 2 unspecified atom stereocenters. The highest BCUT2D eigenvalue weighted by atomic mass is 79.9. The van der Waals surface area contributed by atoms with Crippen molar-refractivity contribution >= 4 is 27.3 Å². The third-order valence-electron chi connectivity index (χ3n) is 3.59. The Kier molecular flexibility index (Phi) is 4.64. The van der Waals surface area contributed by atoms with Crippen molar-refractivity contribution in [3.05, 3.63) is 20.8 Å². The fourth-order valence-corrected chi connectivity index (χ4v) is 4.26. The first-order valence-corrected chi connectivity index (χ1v) is 7.98. The molecule has 1 saturated heterocycles. The summed E-state index contributed by atoms with van der Waals surface area (Å²) in [7, 11) is 0. The second-order valence-electron chi connectivity index (χ2n) is 5.19. The Hall–Kier alpha value is 0.1000. The second kappa shape index (κ2) is 5.83. The van der Waals surface area contributed by atoms with Gasteiger partial charge in [-0.05, 0) is 60.8 Å². The van der Waals surface area contributed by atoms with Crippen LogP contribution in [0.2, 0.25) is 0 Å². The van der Waals surface area contributed by atoms with Gasteiger partial charge in [0.2, 0.25) is 0 Å². The summed E-state index contributed by atoms with van der Waals surface area (Å²) in [6.45, 7) is 6.84. The molecule has 17 heavy (non-hydrogen) atoms. The van der Waals surface area contributed by atoms with E-state index in [1.807, 2.05) is 11.3 Å². The molecule has 1 aromatic heterocycles. The van der Waals surface area contributed by atoms with Crippen LogP contribution in [0.25, 0.3) is 0 Å². The zero-order chi connectivity index (χ0) is 12.4. The van der Waals surface area contributed by atoms with Gasteiger partial charge in [-0.15, -0.1) is 11.3 Å². The third kappa shape index (κ3) is 3.31. The lowest BCUT2D eigenvalue weighted by atomic mass is 9.96. The molecule has 0 aliphatic carbocycles. The number of thiophene rings is 1. The Morgan fingerprint density at radius 3 is 2.59 bits per heavy atom. The molecule has 1 aliphatic rings. The molecule has 1 fully saturated rings. The number of hydrogen-bond acceptors (Lipinski definition) is 3. The summed E-state index contributed by atoms with van der Waals surface area (Å²) in [5.41, 5.74) is 6.19. The summed E-state index contributed by atoms with van der Waals surface area (Å²) in [4.78, 5) is 3.95. The maximum Gasteiger partial charge on any atom is 0.0591 e. The van der Waals surface area contributed by atoms with Crippen molar-refractivity contribution in [2.75, 3.05) is 13.1 Å². The summed E-state index contributed by atoms with van der Waals surface area (Å²) in [6, 6.07) is 2.80. The molecule has 0 aromatic carbocycles. The predicted octanol–water partition coefficient (Wildman–Crippen LogP) is 3.63. The minimum Gasteiger partial charge on any atom is -0.326 e. The molecule has 2 atom stereocenters. The molecule has 4 heteroatoms. The summed E-state index contributed by atoms with van der Waals surface area (Å²) < 4.78 is 1.17. The fraction of sp³-hybridized carbons (Fsp3) is 0.692. The van der Waals surface area contributed by atoms with Gasteiger partial charge in [0.15, 0.2) is 0 Å². The first-order chi connectivity index (χ1) is 8.08. The van der Waals surface area contributed by atoms with Gasteiger partial charge in [0.1, 0.15) is 0 Å². The standard InChI is InChI=1S/C13H21BrN2S/c1-9-3-5-16(6-4-9)13(10(2)15)12-7-11(14)8-17-12/h7-10,13H,3-6,15H2,1-2H3. The summed E-state index contributed by atoms with van der Waals surface area (Å²) >= 11 is 5.35. The molecule has 0 spiro atoms. The second-order valence-corrected chi connectivity index (χ2v) is 7.05. The zero-order valence-corrected chi connectivity index (χ0v) is 12.9. The molecular weight excluding hydrogens is 296 g/mol. The topological polar surface area (TPSA) is 29.3 Å². The Morgan fingerprint density at radius 1 is 1.47 bits per heavy atom. The number of halogens is 1. The lowest BCUT2D eigenvalue weighted by Crippen LogP contribution is -2.43. The van der Waals surface area contributed by atoms with Crippen molar-refractivity contribution in [3.63, 3.8) is 0 Å². The van der Waals surface area contributed by atoms with Crippen molar-refractivity contribution in [1.29, 1.82) is 0 Å². The molecule has 2 rings (SSSR count). The molecule has 96 valence electrons. The SMILES string of the molecule is CC1CCN(C(c2cc(Br)cs2)C(C)N)CC1. The van der Waals surface area contributed by atoms with Gasteiger partial charge in [-0.25, -0.2) is 0 Å². The van der Waals surface area contributed by atoms with Crippen LogP contribution in [0.5, 0.6) is 0 Å². The zero-order valence-electron chi connectivity index (χ0n) is 10.5. The van der Waals surface area contributed by atoms with Gasteiger partial charge in [-0.2, -0.15) is 0 Å². The Morgan fingerprint density at radius 2 is 2.12 bits per heavy atom. The van der Waals surface area contributed by atoms with Crippen LogP contribution in [-0.2, 0) is 0 Å². The van der Waals surface area contributed by atoms with E-state index in [4.69, 9.17) is 5.73 Å². The first-order valence-electron chi connectivity index (χ1n) is 6.31.